The summed E-state index contributed by atoms with van der Waals surface area (Å²) in [6.45, 7) is 6.63. The van der Waals surface area contributed by atoms with Crippen molar-refractivity contribution in [1.29, 1.82) is 0 Å². The van der Waals surface area contributed by atoms with Gasteiger partial charge in [0.25, 0.3) is 0 Å². The Morgan fingerprint density at radius 1 is 1.18 bits per heavy atom. The number of hydrogen-bond acceptors (Lipinski definition) is 2. The van der Waals surface area contributed by atoms with Gasteiger partial charge in [-0.2, -0.15) is 0 Å². The minimum absolute atomic E-state index is 0.121. The van der Waals surface area contributed by atoms with Gasteiger partial charge in [-0.3, -0.25) is 0 Å². The van der Waals surface area contributed by atoms with Crippen LogP contribution in [0.4, 0.5) is 0 Å². The Labute approximate surface area is 107 Å². The average Bonchev–Trinajstić information content (AvgIpc) is 2.88. The zero-order chi connectivity index (χ0) is 12.1. The molecule has 1 saturated heterocycles. The van der Waals surface area contributed by atoms with Crippen LogP contribution in [0.1, 0.15) is 65.2 Å². The maximum absolute atomic E-state index is 5.97. The lowest BCUT2D eigenvalue weighted by Gasteiger charge is -2.19. The third kappa shape index (κ3) is 4.59. The van der Waals surface area contributed by atoms with Gasteiger partial charge in [-0.1, -0.05) is 25.7 Å². The Balaban J connectivity index is 1.46. The number of rotatable bonds is 6. The number of hydrogen-bond donors (Lipinski definition) is 1. The van der Waals surface area contributed by atoms with Gasteiger partial charge in [0.05, 0.1) is 11.7 Å². The van der Waals surface area contributed by atoms with Crippen LogP contribution in [-0.4, -0.2) is 24.8 Å². The molecule has 1 aliphatic heterocycles. The second-order valence-corrected chi connectivity index (χ2v) is 6.54. The Hall–Kier alpha value is -0.0800. The van der Waals surface area contributed by atoms with Crippen molar-refractivity contribution in [1.82, 2.24) is 5.32 Å². The summed E-state index contributed by atoms with van der Waals surface area (Å²) in [5.74, 6) is 1.04. The molecule has 1 atom stereocenters. The first kappa shape index (κ1) is 13.4. The van der Waals surface area contributed by atoms with Crippen molar-refractivity contribution in [3.63, 3.8) is 0 Å². The number of ether oxygens (including phenoxy) is 1. The molecule has 0 bridgehead atoms. The second kappa shape index (κ2) is 6.19. The second-order valence-electron chi connectivity index (χ2n) is 6.54. The number of nitrogens with one attached hydrogen (secondary N) is 1. The van der Waals surface area contributed by atoms with Crippen molar-refractivity contribution in [3.8, 4) is 0 Å². The molecule has 0 aromatic heterocycles. The molecule has 0 spiro atoms. The smallest absolute Gasteiger partial charge is 0.0707 e. The van der Waals surface area contributed by atoms with Crippen LogP contribution < -0.4 is 5.32 Å². The van der Waals surface area contributed by atoms with Crippen molar-refractivity contribution in [2.24, 2.45) is 5.92 Å². The van der Waals surface area contributed by atoms with Crippen LogP contribution >= 0.6 is 0 Å². The van der Waals surface area contributed by atoms with E-state index in [1.165, 1.54) is 57.9 Å². The summed E-state index contributed by atoms with van der Waals surface area (Å²) in [4.78, 5) is 0. The Morgan fingerprint density at radius 3 is 2.59 bits per heavy atom. The molecule has 1 saturated carbocycles. The molecule has 2 heteroatoms. The quantitative estimate of drug-likeness (QED) is 0.716. The summed E-state index contributed by atoms with van der Waals surface area (Å²) in [7, 11) is 0. The maximum Gasteiger partial charge on any atom is 0.0707 e. The van der Waals surface area contributed by atoms with Crippen molar-refractivity contribution in [2.45, 2.75) is 76.9 Å². The Kier molecular flexibility index (Phi) is 4.87. The summed E-state index contributed by atoms with van der Waals surface area (Å²) in [5.41, 5.74) is 0.121. The minimum atomic E-state index is 0.121. The zero-order valence-corrected chi connectivity index (χ0v) is 11.6. The van der Waals surface area contributed by atoms with Crippen LogP contribution in [0.5, 0.6) is 0 Å². The lowest BCUT2D eigenvalue weighted by Crippen LogP contribution is -2.30. The third-order valence-electron chi connectivity index (χ3n) is 4.37. The van der Waals surface area contributed by atoms with Crippen LogP contribution in [0.3, 0.4) is 0 Å². The SMILES string of the molecule is CC1(C)CCC(CNCCCC2CCCC2)O1. The van der Waals surface area contributed by atoms with E-state index < -0.39 is 0 Å². The van der Waals surface area contributed by atoms with Crippen molar-refractivity contribution in [3.05, 3.63) is 0 Å². The molecule has 0 aromatic carbocycles. The molecule has 1 aliphatic carbocycles. The van der Waals surface area contributed by atoms with Crippen molar-refractivity contribution < 1.29 is 4.74 Å². The molecule has 1 heterocycles. The largest absolute Gasteiger partial charge is 0.371 e. The zero-order valence-electron chi connectivity index (χ0n) is 11.6. The lowest BCUT2D eigenvalue weighted by atomic mass is 10.0. The van der Waals surface area contributed by atoms with Gasteiger partial charge in [0, 0.05) is 6.54 Å². The first-order valence-corrected chi connectivity index (χ1v) is 7.54. The van der Waals surface area contributed by atoms with E-state index in [9.17, 15) is 0 Å². The summed E-state index contributed by atoms with van der Waals surface area (Å²) in [6.07, 6.45) is 11.6. The molecule has 1 unspecified atom stereocenters. The predicted octanol–water partition coefficient (Wildman–Crippen LogP) is 3.50. The molecule has 0 aromatic rings. The molecular weight excluding hydrogens is 210 g/mol. The molecule has 17 heavy (non-hydrogen) atoms. The predicted molar refractivity (Wildman–Crippen MR) is 72.2 cm³/mol. The summed E-state index contributed by atoms with van der Waals surface area (Å²) in [6, 6.07) is 0. The van der Waals surface area contributed by atoms with E-state index in [0.29, 0.717) is 6.10 Å². The highest BCUT2D eigenvalue weighted by Gasteiger charge is 2.30. The summed E-state index contributed by atoms with van der Waals surface area (Å²) in [5, 5.41) is 3.56. The monoisotopic (exact) mass is 239 g/mol. The summed E-state index contributed by atoms with van der Waals surface area (Å²) >= 11 is 0. The first-order chi connectivity index (χ1) is 8.16. The Morgan fingerprint density at radius 2 is 1.94 bits per heavy atom. The Bertz CT molecular complexity index is 221. The molecule has 100 valence electrons. The molecule has 0 radical (unpaired) electrons. The average molecular weight is 239 g/mol. The normalized spacial score (nSPS) is 28.9. The topological polar surface area (TPSA) is 21.3 Å². The van der Waals surface area contributed by atoms with Gasteiger partial charge < -0.3 is 10.1 Å². The standard InChI is InChI=1S/C15H29NO/c1-15(2)10-9-14(17-15)12-16-11-5-8-13-6-3-4-7-13/h13-14,16H,3-12H2,1-2H3. The maximum atomic E-state index is 5.97. The van der Waals surface area contributed by atoms with Crippen molar-refractivity contribution in [2.75, 3.05) is 13.1 Å². The molecule has 2 aliphatic rings. The van der Waals surface area contributed by atoms with Gasteiger partial charge in [-0.15, -0.1) is 0 Å². The molecular formula is C15H29NO. The van der Waals surface area contributed by atoms with Gasteiger partial charge in [0.1, 0.15) is 0 Å². The van der Waals surface area contributed by atoms with Gasteiger partial charge in [0.2, 0.25) is 0 Å². The van der Waals surface area contributed by atoms with Gasteiger partial charge in [0.15, 0.2) is 0 Å². The van der Waals surface area contributed by atoms with E-state index in [1.807, 2.05) is 0 Å². The van der Waals surface area contributed by atoms with Crippen LogP contribution in [-0.2, 0) is 4.74 Å². The lowest BCUT2D eigenvalue weighted by molar-refractivity contribution is -0.0141. The van der Waals surface area contributed by atoms with E-state index in [2.05, 4.69) is 19.2 Å². The van der Waals surface area contributed by atoms with Crippen LogP contribution in [0, 0.1) is 5.92 Å². The van der Waals surface area contributed by atoms with E-state index in [0.717, 1.165) is 12.5 Å². The van der Waals surface area contributed by atoms with E-state index in [1.54, 1.807) is 0 Å². The van der Waals surface area contributed by atoms with Crippen molar-refractivity contribution >= 4 is 0 Å². The fourth-order valence-electron chi connectivity index (χ4n) is 3.30. The van der Waals surface area contributed by atoms with Crippen LogP contribution in [0.2, 0.25) is 0 Å². The van der Waals surface area contributed by atoms with Gasteiger partial charge in [-0.05, 0) is 52.0 Å². The highest BCUT2D eigenvalue weighted by molar-refractivity contribution is 4.81. The molecule has 1 N–H and O–H groups in total. The minimum Gasteiger partial charge on any atom is -0.371 e. The van der Waals surface area contributed by atoms with Gasteiger partial charge in [-0.25, -0.2) is 0 Å². The molecule has 2 rings (SSSR count). The fraction of sp³-hybridized carbons (Fsp3) is 1.00. The van der Waals surface area contributed by atoms with Crippen LogP contribution in [0.25, 0.3) is 0 Å². The van der Waals surface area contributed by atoms with E-state index in [4.69, 9.17) is 4.74 Å². The summed E-state index contributed by atoms with van der Waals surface area (Å²) < 4.78 is 5.97. The molecule has 2 fully saturated rings. The highest BCUT2D eigenvalue weighted by atomic mass is 16.5. The van der Waals surface area contributed by atoms with Crippen LogP contribution in [0.15, 0.2) is 0 Å². The fourth-order valence-corrected chi connectivity index (χ4v) is 3.30. The van der Waals surface area contributed by atoms with E-state index in [-0.39, 0.29) is 5.60 Å². The first-order valence-electron chi connectivity index (χ1n) is 7.54. The molecule has 0 amide bonds. The highest BCUT2D eigenvalue weighted by Crippen LogP contribution is 2.29. The van der Waals surface area contributed by atoms with Gasteiger partial charge >= 0.3 is 0 Å². The third-order valence-corrected chi connectivity index (χ3v) is 4.37. The van der Waals surface area contributed by atoms with E-state index >= 15 is 0 Å². The molecule has 2 nitrogen and oxygen atoms in total.